The summed E-state index contributed by atoms with van der Waals surface area (Å²) in [6, 6.07) is 118. The van der Waals surface area contributed by atoms with Crippen molar-refractivity contribution < 1.29 is 0 Å². The lowest BCUT2D eigenvalue weighted by molar-refractivity contribution is 1.04. The van der Waals surface area contributed by atoms with Gasteiger partial charge in [-0.25, -0.2) is 0 Å². The molecule has 97 heavy (non-hydrogen) atoms. The van der Waals surface area contributed by atoms with Crippen LogP contribution in [-0.2, 0) is 0 Å². The van der Waals surface area contributed by atoms with Crippen LogP contribution in [0.3, 0.4) is 0 Å². The van der Waals surface area contributed by atoms with Crippen molar-refractivity contribution in [1.82, 2.24) is 23.3 Å². The van der Waals surface area contributed by atoms with E-state index in [0.717, 1.165) is 186 Å². The van der Waals surface area contributed by atoms with Crippen molar-refractivity contribution in [2.24, 2.45) is 0 Å². The molecule has 6 nitrogen and oxygen atoms in total. The summed E-state index contributed by atoms with van der Waals surface area (Å²) in [5.41, 5.74) is 22.5. The van der Waals surface area contributed by atoms with E-state index in [1.54, 1.807) is 11.3 Å². The quantitative estimate of drug-likeness (QED) is 0.145. The summed E-state index contributed by atoms with van der Waals surface area (Å²) in [6.07, 6.45) is 3.93. The van der Waals surface area contributed by atoms with Gasteiger partial charge in [-0.3, -0.25) is 4.98 Å². The summed E-state index contributed by atoms with van der Waals surface area (Å²) in [4.78, 5) is 4.78. The first-order valence-corrected chi connectivity index (χ1v) is 33.7. The lowest BCUT2D eigenvalue weighted by Crippen LogP contribution is -2.16. The van der Waals surface area contributed by atoms with Gasteiger partial charge in [0.15, 0.2) is 0 Å². The highest BCUT2D eigenvalue weighted by Gasteiger charge is 2.37. The molecule has 0 fully saturated rings. The van der Waals surface area contributed by atoms with Crippen molar-refractivity contribution in [1.29, 1.82) is 5.26 Å². The molecule has 0 saturated carbocycles. The minimum absolute atomic E-state index is 0.497. The van der Waals surface area contributed by atoms with Crippen LogP contribution in [0.25, 0.3) is 186 Å². The SMILES string of the molecule is N#Cc1c(-n2c3ccccc3c3c(-c4ccccc4)cccc32)c(-n2c3ccccc3c3c(-c4ccccc4)cccc32)c(-c2cccc3c2sc2cnccc23)c(-n2c3ccccc3c3c(-c4ccccc4)cccc32)c1-n1c2ccccc2c2c(-c3ccccc3)cccc21. The third-order valence-electron chi connectivity index (χ3n) is 20.1. The van der Waals surface area contributed by atoms with Gasteiger partial charge in [-0.2, -0.15) is 5.26 Å². The van der Waals surface area contributed by atoms with E-state index in [2.05, 4.69) is 340 Å². The second-order valence-electron chi connectivity index (χ2n) is 25.1. The van der Waals surface area contributed by atoms with Gasteiger partial charge >= 0.3 is 0 Å². The van der Waals surface area contributed by atoms with Gasteiger partial charge in [0.25, 0.3) is 0 Å². The Morgan fingerprint density at radius 3 is 0.928 bits per heavy atom. The average molecular weight is 1250 g/mol. The van der Waals surface area contributed by atoms with E-state index in [1.807, 2.05) is 12.4 Å². The van der Waals surface area contributed by atoms with Gasteiger partial charge in [-0.1, -0.05) is 261 Å². The average Bonchev–Trinajstić information content (AvgIpc) is 1.58. The Bertz CT molecular complexity index is 6340. The van der Waals surface area contributed by atoms with Crippen LogP contribution in [0.2, 0.25) is 0 Å². The number of aromatic nitrogens is 5. The molecule has 0 unspecified atom stereocenters. The third-order valence-corrected chi connectivity index (χ3v) is 21.3. The van der Waals surface area contributed by atoms with Crippen molar-refractivity contribution in [3.63, 3.8) is 0 Å². The highest BCUT2D eigenvalue weighted by molar-refractivity contribution is 7.26. The molecule has 20 rings (SSSR count). The summed E-state index contributed by atoms with van der Waals surface area (Å²) in [5.74, 6) is 0. The molecule has 0 aliphatic carbocycles. The van der Waals surface area contributed by atoms with Crippen LogP contribution in [0.4, 0.5) is 0 Å². The van der Waals surface area contributed by atoms with E-state index >= 15 is 0 Å². The largest absolute Gasteiger partial charge is 0.306 e. The fourth-order valence-electron chi connectivity index (χ4n) is 16.3. The van der Waals surface area contributed by atoms with Gasteiger partial charge in [-0.05, 0) is 99.1 Å². The smallest absolute Gasteiger partial charge is 0.104 e. The molecule has 14 aromatic carbocycles. The fraction of sp³-hybridized carbons (Fsp3) is 0. The molecular weight excluding hydrogens is 1200 g/mol. The Hall–Kier alpha value is -12.9. The second kappa shape index (κ2) is 21.6. The Morgan fingerprint density at radius 2 is 0.567 bits per heavy atom. The van der Waals surface area contributed by atoms with Crippen LogP contribution < -0.4 is 0 Å². The van der Waals surface area contributed by atoms with Gasteiger partial charge in [0.2, 0.25) is 0 Å². The number of para-hydroxylation sites is 4. The lowest BCUT2D eigenvalue weighted by Gasteiger charge is -2.29. The number of rotatable bonds is 9. The minimum atomic E-state index is 0.497. The van der Waals surface area contributed by atoms with E-state index in [9.17, 15) is 5.26 Å². The highest BCUT2D eigenvalue weighted by Crippen LogP contribution is 2.56. The number of benzene rings is 14. The fourth-order valence-corrected chi connectivity index (χ4v) is 17.4. The zero-order chi connectivity index (χ0) is 63.8. The van der Waals surface area contributed by atoms with Crippen molar-refractivity contribution in [2.45, 2.75) is 0 Å². The molecule has 450 valence electrons. The van der Waals surface area contributed by atoms with Gasteiger partial charge in [0.1, 0.15) is 11.6 Å². The molecule has 0 bridgehead atoms. The van der Waals surface area contributed by atoms with Crippen LogP contribution in [0.15, 0.2) is 328 Å². The molecule has 6 aromatic heterocycles. The number of pyridine rings is 1. The first-order chi connectivity index (χ1) is 48.2. The number of hydrogen-bond donors (Lipinski definition) is 0. The van der Waals surface area contributed by atoms with Crippen LogP contribution in [0.5, 0.6) is 0 Å². The highest BCUT2D eigenvalue weighted by atomic mass is 32.1. The molecular formula is C90H54N6S. The maximum Gasteiger partial charge on any atom is 0.104 e. The molecule has 0 amide bonds. The van der Waals surface area contributed by atoms with Crippen LogP contribution in [-0.4, -0.2) is 23.3 Å². The summed E-state index contributed by atoms with van der Waals surface area (Å²) in [6.45, 7) is 0. The summed E-state index contributed by atoms with van der Waals surface area (Å²) in [7, 11) is 0. The van der Waals surface area contributed by atoms with Gasteiger partial charge in [-0.15, -0.1) is 11.3 Å². The van der Waals surface area contributed by atoms with E-state index in [4.69, 9.17) is 4.98 Å². The van der Waals surface area contributed by atoms with E-state index in [-0.39, 0.29) is 0 Å². The van der Waals surface area contributed by atoms with E-state index in [0.29, 0.717) is 5.56 Å². The van der Waals surface area contributed by atoms with E-state index < -0.39 is 0 Å². The molecule has 6 heterocycles. The predicted octanol–water partition coefficient (Wildman–Crippen LogP) is 24.0. The molecule has 7 heteroatoms. The second-order valence-corrected chi connectivity index (χ2v) is 26.1. The monoisotopic (exact) mass is 1250 g/mol. The summed E-state index contributed by atoms with van der Waals surface area (Å²) < 4.78 is 12.2. The van der Waals surface area contributed by atoms with Crippen molar-refractivity contribution in [2.75, 3.05) is 0 Å². The predicted molar refractivity (Wildman–Crippen MR) is 406 cm³/mol. The van der Waals surface area contributed by atoms with Gasteiger partial charge in [0, 0.05) is 82.1 Å². The molecule has 0 atom stereocenters. The van der Waals surface area contributed by atoms with E-state index in [1.165, 1.54) is 0 Å². The Balaban J connectivity index is 1.12. The number of thiophene rings is 1. The molecule has 0 aliphatic heterocycles. The molecule has 0 N–H and O–H groups in total. The maximum absolute atomic E-state index is 13.7. The third kappa shape index (κ3) is 7.97. The van der Waals surface area contributed by atoms with Crippen molar-refractivity contribution in [3.05, 3.63) is 333 Å². The van der Waals surface area contributed by atoms with Crippen molar-refractivity contribution in [3.8, 4) is 84.5 Å². The van der Waals surface area contributed by atoms with Gasteiger partial charge < -0.3 is 18.3 Å². The van der Waals surface area contributed by atoms with Gasteiger partial charge in [0.05, 0.1) is 71.6 Å². The zero-order valence-electron chi connectivity index (χ0n) is 52.3. The van der Waals surface area contributed by atoms with Crippen molar-refractivity contribution >= 4 is 119 Å². The molecule has 0 spiro atoms. The first-order valence-electron chi connectivity index (χ1n) is 32.9. The summed E-state index contributed by atoms with van der Waals surface area (Å²) in [5, 5.41) is 24.7. The molecule has 0 saturated heterocycles. The Labute approximate surface area is 561 Å². The molecule has 0 radical (unpaired) electrons. The normalized spacial score (nSPS) is 11.9. The lowest BCUT2D eigenvalue weighted by atomic mass is 9.92. The Kier molecular flexibility index (Phi) is 12.2. The zero-order valence-corrected chi connectivity index (χ0v) is 53.1. The first kappa shape index (κ1) is 54.7. The number of hydrogen-bond acceptors (Lipinski definition) is 3. The number of fused-ring (bicyclic) bond motifs is 15. The molecule has 0 aliphatic rings. The maximum atomic E-state index is 13.7. The molecule has 20 aromatic rings. The Morgan fingerprint density at radius 1 is 0.268 bits per heavy atom. The van der Waals surface area contributed by atoms with Crippen LogP contribution in [0, 0.1) is 11.3 Å². The summed E-state index contributed by atoms with van der Waals surface area (Å²) >= 11 is 1.78. The number of nitrogens with zero attached hydrogens (tertiary/aromatic N) is 6. The number of nitriles is 1. The topological polar surface area (TPSA) is 56.4 Å². The van der Waals surface area contributed by atoms with Crippen LogP contribution >= 0.6 is 11.3 Å². The van der Waals surface area contributed by atoms with Crippen LogP contribution in [0.1, 0.15) is 5.56 Å². The minimum Gasteiger partial charge on any atom is -0.306 e. The standard InChI is InChI=1S/C90H54N6S/c91-54-71-86(93-72-44-17-13-34-66(72)81-60(38-22-48-76(81)93)56-26-5-1-6-27-56)88(95-74-46-19-15-36-68(74)83-62(40-24-50-78(83)95)58-30-9-3-10-31-58)85(70-43-21-42-65-64-52-53-92-55-80(64)97-90(65)70)89(96-75-47-20-16-37-69(75)84-63(41-25-51-79(84)96)59-32-11-4-12-33-59)87(71)94-73-45-18-14-35-67(73)82-61(39-23-49-77(82)94)57-28-7-2-8-29-57/h1-53,55H.